The van der Waals surface area contributed by atoms with Crippen LogP contribution in [0.15, 0.2) is 0 Å². The van der Waals surface area contributed by atoms with Gasteiger partial charge in [-0.1, -0.05) is 26.2 Å². The minimum atomic E-state index is -0.743. The zero-order valence-corrected chi connectivity index (χ0v) is 8.91. The highest BCUT2D eigenvalue weighted by molar-refractivity contribution is 5.70. The van der Waals surface area contributed by atoms with E-state index in [-0.39, 0.29) is 12.5 Å². The van der Waals surface area contributed by atoms with Gasteiger partial charge in [0, 0.05) is 6.54 Å². The number of carboxylic acid groups (broad SMARTS) is 1. The van der Waals surface area contributed by atoms with E-state index in [1.165, 1.54) is 25.7 Å². The van der Waals surface area contributed by atoms with Crippen molar-refractivity contribution in [2.75, 3.05) is 6.54 Å². The molecule has 3 heteroatoms. The molecular formula is C11H21NO2. The van der Waals surface area contributed by atoms with Gasteiger partial charge < -0.3 is 10.8 Å². The Hall–Kier alpha value is -0.570. The molecule has 1 aliphatic carbocycles. The van der Waals surface area contributed by atoms with E-state index in [2.05, 4.69) is 6.92 Å². The molecule has 1 fully saturated rings. The van der Waals surface area contributed by atoms with Crippen LogP contribution in [0.2, 0.25) is 0 Å². The second-order valence-corrected chi connectivity index (χ2v) is 4.64. The van der Waals surface area contributed by atoms with Crippen molar-refractivity contribution in [2.45, 2.75) is 39.0 Å². The van der Waals surface area contributed by atoms with Crippen LogP contribution in [0, 0.1) is 17.8 Å². The summed E-state index contributed by atoms with van der Waals surface area (Å²) in [6.07, 6.45) is 5.96. The minimum absolute atomic E-state index is 0.268. The van der Waals surface area contributed by atoms with Crippen molar-refractivity contribution < 1.29 is 9.90 Å². The fraction of sp³-hybridized carbons (Fsp3) is 0.909. The molecular weight excluding hydrogens is 178 g/mol. The van der Waals surface area contributed by atoms with Crippen molar-refractivity contribution >= 4 is 5.97 Å². The molecule has 1 rings (SSSR count). The van der Waals surface area contributed by atoms with Crippen LogP contribution in [-0.2, 0) is 4.79 Å². The van der Waals surface area contributed by atoms with Gasteiger partial charge in [-0.25, -0.2) is 0 Å². The van der Waals surface area contributed by atoms with Crippen LogP contribution in [-0.4, -0.2) is 17.6 Å². The van der Waals surface area contributed by atoms with E-state index in [0.717, 1.165) is 12.3 Å². The molecule has 0 aromatic rings. The van der Waals surface area contributed by atoms with Crippen molar-refractivity contribution in [3.63, 3.8) is 0 Å². The summed E-state index contributed by atoms with van der Waals surface area (Å²) >= 11 is 0. The van der Waals surface area contributed by atoms with Crippen LogP contribution in [0.1, 0.15) is 39.0 Å². The predicted octanol–water partition coefficient (Wildman–Crippen LogP) is 1.86. The van der Waals surface area contributed by atoms with Crippen molar-refractivity contribution in [3.05, 3.63) is 0 Å². The first-order valence-electron chi connectivity index (χ1n) is 5.56. The van der Waals surface area contributed by atoms with E-state index in [4.69, 9.17) is 10.8 Å². The van der Waals surface area contributed by atoms with Gasteiger partial charge in [-0.2, -0.15) is 0 Å². The summed E-state index contributed by atoms with van der Waals surface area (Å²) in [4.78, 5) is 10.8. The zero-order chi connectivity index (χ0) is 10.6. The fourth-order valence-electron chi connectivity index (χ4n) is 2.18. The molecule has 0 amide bonds. The highest BCUT2D eigenvalue weighted by Gasteiger charge is 2.23. The smallest absolute Gasteiger partial charge is 0.307 e. The molecule has 0 aromatic heterocycles. The van der Waals surface area contributed by atoms with Crippen molar-refractivity contribution in [2.24, 2.45) is 23.5 Å². The Balaban J connectivity index is 2.22. The Kier molecular flexibility index (Phi) is 4.39. The number of carboxylic acids is 1. The van der Waals surface area contributed by atoms with E-state index >= 15 is 0 Å². The summed E-state index contributed by atoms with van der Waals surface area (Å²) in [7, 11) is 0. The van der Waals surface area contributed by atoms with Crippen LogP contribution in [0.25, 0.3) is 0 Å². The highest BCUT2D eigenvalue weighted by atomic mass is 16.4. The van der Waals surface area contributed by atoms with Crippen molar-refractivity contribution in [3.8, 4) is 0 Å². The lowest BCUT2D eigenvalue weighted by atomic mass is 9.77. The van der Waals surface area contributed by atoms with E-state index in [9.17, 15) is 4.79 Å². The largest absolute Gasteiger partial charge is 0.481 e. The van der Waals surface area contributed by atoms with Gasteiger partial charge in [0.25, 0.3) is 0 Å². The first-order chi connectivity index (χ1) is 6.63. The molecule has 0 radical (unpaired) electrons. The normalized spacial score (nSPS) is 21.3. The van der Waals surface area contributed by atoms with Crippen LogP contribution >= 0.6 is 0 Å². The molecule has 14 heavy (non-hydrogen) atoms. The monoisotopic (exact) mass is 199 g/mol. The van der Waals surface area contributed by atoms with Gasteiger partial charge in [0.05, 0.1) is 5.92 Å². The molecule has 0 aliphatic heterocycles. The number of hydrogen-bond acceptors (Lipinski definition) is 2. The molecule has 3 nitrogen and oxygen atoms in total. The first kappa shape index (κ1) is 11.5. The average molecular weight is 199 g/mol. The summed E-state index contributed by atoms with van der Waals surface area (Å²) in [5.41, 5.74) is 5.42. The van der Waals surface area contributed by atoms with E-state index < -0.39 is 5.97 Å². The maximum Gasteiger partial charge on any atom is 0.307 e. The lowest BCUT2D eigenvalue weighted by Crippen LogP contribution is -2.26. The second kappa shape index (κ2) is 5.35. The molecule has 0 bridgehead atoms. The Morgan fingerprint density at radius 3 is 2.57 bits per heavy atom. The maximum atomic E-state index is 10.8. The quantitative estimate of drug-likeness (QED) is 0.686. The first-order valence-corrected chi connectivity index (χ1v) is 5.56. The van der Waals surface area contributed by atoms with Crippen LogP contribution in [0.4, 0.5) is 0 Å². The fourth-order valence-corrected chi connectivity index (χ4v) is 2.18. The summed E-state index contributed by atoms with van der Waals surface area (Å²) in [6.45, 7) is 2.41. The van der Waals surface area contributed by atoms with Gasteiger partial charge in [-0.3, -0.25) is 4.79 Å². The molecule has 82 valence electrons. The predicted molar refractivity (Wildman–Crippen MR) is 55.9 cm³/mol. The van der Waals surface area contributed by atoms with Crippen LogP contribution in [0.3, 0.4) is 0 Å². The maximum absolute atomic E-state index is 10.8. The molecule has 1 aliphatic rings. The molecule has 0 spiro atoms. The zero-order valence-electron chi connectivity index (χ0n) is 8.91. The van der Waals surface area contributed by atoms with Gasteiger partial charge in [0.15, 0.2) is 0 Å². The number of nitrogens with two attached hydrogens (primary N) is 1. The van der Waals surface area contributed by atoms with Gasteiger partial charge in [-0.15, -0.1) is 0 Å². The average Bonchev–Trinajstić information content (AvgIpc) is 2.07. The molecule has 0 heterocycles. The summed E-state index contributed by atoms with van der Waals surface area (Å²) in [6, 6.07) is 0. The Morgan fingerprint density at radius 1 is 1.57 bits per heavy atom. The topological polar surface area (TPSA) is 63.3 Å². The molecule has 1 saturated carbocycles. The highest BCUT2D eigenvalue weighted by Crippen LogP contribution is 2.33. The van der Waals surface area contributed by atoms with Crippen LogP contribution < -0.4 is 5.73 Å². The molecule has 0 unspecified atom stereocenters. The summed E-state index contributed by atoms with van der Waals surface area (Å²) < 4.78 is 0. The van der Waals surface area contributed by atoms with Crippen molar-refractivity contribution in [1.29, 1.82) is 0 Å². The Labute approximate surface area is 85.7 Å². The van der Waals surface area contributed by atoms with E-state index in [0.29, 0.717) is 5.92 Å². The van der Waals surface area contributed by atoms with Gasteiger partial charge in [0.2, 0.25) is 0 Å². The summed E-state index contributed by atoms with van der Waals surface area (Å²) in [5.74, 6) is 0.278. The third-order valence-corrected chi connectivity index (χ3v) is 3.28. The third kappa shape index (κ3) is 3.29. The SMILES string of the molecule is C[C@H](CC1CCC1)C[C@H](CN)C(=O)O. The number of hydrogen-bond donors (Lipinski definition) is 2. The second-order valence-electron chi connectivity index (χ2n) is 4.64. The van der Waals surface area contributed by atoms with Gasteiger partial charge >= 0.3 is 5.97 Å². The van der Waals surface area contributed by atoms with Crippen molar-refractivity contribution in [1.82, 2.24) is 0 Å². The Bertz CT molecular complexity index is 190. The lowest BCUT2D eigenvalue weighted by molar-refractivity contribution is -0.142. The molecule has 0 aromatic carbocycles. The Morgan fingerprint density at radius 2 is 2.21 bits per heavy atom. The molecule has 3 N–H and O–H groups in total. The molecule has 2 atom stereocenters. The minimum Gasteiger partial charge on any atom is -0.481 e. The van der Waals surface area contributed by atoms with Gasteiger partial charge in [0.1, 0.15) is 0 Å². The number of rotatable bonds is 6. The standard InChI is InChI=1S/C11H21NO2/c1-8(5-9-3-2-4-9)6-10(7-12)11(13)14/h8-10H,2-7,12H2,1H3,(H,13,14)/t8-,10-/m1/s1. The third-order valence-electron chi connectivity index (χ3n) is 3.28. The van der Waals surface area contributed by atoms with Gasteiger partial charge in [-0.05, 0) is 24.7 Å². The van der Waals surface area contributed by atoms with E-state index in [1.54, 1.807) is 0 Å². The van der Waals surface area contributed by atoms with E-state index in [1.807, 2.05) is 0 Å². The van der Waals surface area contributed by atoms with Crippen LogP contribution in [0.5, 0.6) is 0 Å². The number of carbonyl (C=O) groups is 1. The number of aliphatic carboxylic acids is 1. The molecule has 0 saturated heterocycles. The summed E-state index contributed by atoms with van der Waals surface area (Å²) in [5, 5.41) is 8.85. The lowest BCUT2D eigenvalue weighted by Gasteiger charge is -2.28.